The Hall–Kier alpha value is -3.27. The number of carbonyl (C=O) groups excluding carboxylic acids is 2. The fourth-order valence-corrected chi connectivity index (χ4v) is 3.33. The summed E-state index contributed by atoms with van der Waals surface area (Å²) in [6.07, 6.45) is 0.875. The first-order chi connectivity index (χ1) is 12.6. The normalized spacial score (nSPS) is 12.3. The molecule has 1 aliphatic heterocycles. The summed E-state index contributed by atoms with van der Waals surface area (Å²) < 4.78 is 5.50. The molecule has 0 spiro atoms. The molecule has 0 radical (unpaired) electrons. The molecule has 3 heterocycles. The van der Waals surface area contributed by atoms with Gasteiger partial charge in [0.15, 0.2) is 0 Å². The SMILES string of the molecule is CNC(=O)c1nc(NC(=O)c2csc(-c3ccc4c(c3)CCO4)n2)n[nH]1. The molecule has 2 amide bonds. The molecule has 0 aliphatic carbocycles. The van der Waals surface area contributed by atoms with E-state index in [-0.39, 0.29) is 17.5 Å². The Kier molecular flexibility index (Phi) is 4.09. The Balaban J connectivity index is 1.50. The van der Waals surface area contributed by atoms with Gasteiger partial charge in [-0.25, -0.2) is 4.98 Å². The van der Waals surface area contributed by atoms with Crippen LogP contribution in [0.5, 0.6) is 5.75 Å². The first-order valence-corrected chi connectivity index (χ1v) is 8.69. The second-order valence-electron chi connectivity index (χ2n) is 5.50. The summed E-state index contributed by atoms with van der Waals surface area (Å²) in [6.45, 7) is 0.693. The number of aromatic nitrogens is 4. The fourth-order valence-electron chi connectivity index (χ4n) is 2.53. The smallest absolute Gasteiger partial charge is 0.288 e. The van der Waals surface area contributed by atoms with Gasteiger partial charge in [0, 0.05) is 24.4 Å². The molecule has 0 saturated carbocycles. The van der Waals surface area contributed by atoms with Gasteiger partial charge >= 0.3 is 0 Å². The third-order valence-corrected chi connectivity index (χ3v) is 4.72. The molecule has 3 N–H and O–H groups in total. The largest absolute Gasteiger partial charge is 0.493 e. The van der Waals surface area contributed by atoms with E-state index >= 15 is 0 Å². The monoisotopic (exact) mass is 370 g/mol. The zero-order valence-electron chi connectivity index (χ0n) is 13.7. The molecule has 3 aromatic rings. The molecule has 1 aromatic carbocycles. The molecule has 0 saturated heterocycles. The van der Waals surface area contributed by atoms with Gasteiger partial charge in [0.1, 0.15) is 16.5 Å². The van der Waals surface area contributed by atoms with Crippen molar-refractivity contribution in [3.05, 3.63) is 40.7 Å². The highest BCUT2D eigenvalue weighted by Gasteiger charge is 2.18. The average molecular weight is 370 g/mol. The number of H-pyrrole nitrogens is 1. The Bertz CT molecular complexity index is 996. The van der Waals surface area contributed by atoms with Gasteiger partial charge in [-0.05, 0) is 23.8 Å². The molecule has 2 aromatic heterocycles. The minimum Gasteiger partial charge on any atom is -0.493 e. The Morgan fingerprint density at radius 2 is 2.15 bits per heavy atom. The van der Waals surface area contributed by atoms with E-state index in [2.05, 4.69) is 30.8 Å². The van der Waals surface area contributed by atoms with Gasteiger partial charge in [0.2, 0.25) is 11.8 Å². The summed E-state index contributed by atoms with van der Waals surface area (Å²) in [4.78, 5) is 32.0. The van der Waals surface area contributed by atoms with Crippen molar-refractivity contribution in [2.45, 2.75) is 6.42 Å². The standard InChI is InChI=1S/C16H14N6O3S/c1-17-14(24)12-19-16(22-21-12)20-13(23)10-7-26-15(18-10)9-2-3-11-8(6-9)4-5-25-11/h2-3,6-7H,4-5H2,1H3,(H,17,24)(H2,19,20,21,22,23). The second-order valence-corrected chi connectivity index (χ2v) is 6.36. The average Bonchev–Trinajstić information content (AvgIpc) is 3.39. The number of hydrogen-bond donors (Lipinski definition) is 3. The van der Waals surface area contributed by atoms with Crippen LogP contribution in [0, 0.1) is 0 Å². The minimum absolute atomic E-state index is 0.0119. The first-order valence-electron chi connectivity index (χ1n) is 7.81. The first kappa shape index (κ1) is 16.2. The molecule has 0 bridgehead atoms. The van der Waals surface area contributed by atoms with E-state index < -0.39 is 11.8 Å². The number of rotatable bonds is 4. The van der Waals surface area contributed by atoms with Gasteiger partial charge in [-0.15, -0.1) is 16.4 Å². The summed E-state index contributed by atoms with van der Waals surface area (Å²) in [5.41, 5.74) is 2.34. The number of nitrogens with one attached hydrogen (secondary N) is 3. The van der Waals surface area contributed by atoms with Gasteiger partial charge in [-0.2, -0.15) is 4.98 Å². The molecule has 10 heteroatoms. The maximum Gasteiger partial charge on any atom is 0.288 e. The van der Waals surface area contributed by atoms with Crippen molar-refractivity contribution in [1.29, 1.82) is 0 Å². The number of thiazole rings is 1. The van der Waals surface area contributed by atoms with Crippen molar-refractivity contribution in [3.8, 4) is 16.3 Å². The van der Waals surface area contributed by atoms with Crippen LogP contribution in [0.2, 0.25) is 0 Å². The van der Waals surface area contributed by atoms with Crippen molar-refractivity contribution in [2.75, 3.05) is 19.0 Å². The van der Waals surface area contributed by atoms with Gasteiger partial charge in [0.05, 0.1) is 6.61 Å². The topological polar surface area (TPSA) is 122 Å². The second kappa shape index (κ2) is 6.56. The number of ether oxygens (including phenoxy) is 1. The van der Waals surface area contributed by atoms with Crippen LogP contribution in [0.25, 0.3) is 10.6 Å². The highest BCUT2D eigenvalue weighted by molar-refractivity contribution is 7.13. The van der Waals surface area contributed by atoms with Crippen LogP contribution in [0.15, 0.2) is 23.6 Å². The van der Waals surface area contributed by atoms with Crippen LogP contribution in [0.4, 0.5) is 5.95 Å². The third-order valence-electron chi connectivity index (χ3n) is 3.83. The lowest BCUT2D eigenvalue weighted by Crippen LogP contribution is -2.19. The third kappa shape index (κ3) is 3.02. The van der Waals surface area contributed by atoms with Crippen molar-refractivity contribution in [2.24, 2.45) is 0 Å². The summed E-state index contributed by atoms with van der Waals surface area (Å²) in [6, 6.07) is 5.89. The lowest BCUT2D eigenvalue weighted by atomic mass is 10.1. The number of fused-ring (bicyclic) bond motifs is 1. The number of nitrogens with zero attached hydrogens (tertiary/aromatic N) is 3. The molecular formula is C16H14N6O3S. The zero-order valence-corrected chi connectivity index (χ0v) is 14.5. The molecule has 4 rings (SSSR count). The summed E-state index contributed by atoms with van der Waals surface area (Å²) in [5.74, 6) is 0.0636. The lowest BCUT2D eigenvalue weighted by Gasteiger charge is -2.01. The van der Waals surface area contributed by atoms with Crippen molar-refractivity contribution < 1.29 is 14.3 Å². The predicted octanol–water partition coefficient (Wildman–Crippen LogP) is 1.47. The van der Waals surface area contributed by atoms with Gasteiger partial charge < -0.3 is 10.1 Å². The van der Waals surface area contributed by atoms with Gasteiger partial charge in [-0.1, -0.05) is 0 Å². The van der Waals surface area contributed by atoms with Gasteiger partial charge in [0.25, 0.3) is 11.8 Å². The van der Waals surface area contributed by atoms with Crippen LogP contribution in [-0.2, 0) is 6.42 Å². The van der Waals surface area contributed by atoms with E-state index in [4.69, 9.17) is 4.74 Å². The maximum atomic E-state index is 12.3. The number of benzene rings is 1. The van der Waals surface area contributed by atoms with E-state index in [1.54, 1.807) is 5.38 Å². The van der Waals surface area contributed by atoms with E-state index in [1.165, 1.54) is 18.4 Å². The van der Waals surface area contributed by atoms with Crippen LogP contribution in [0.3, 0.4) is 0 Å². The Morgan fingerprint density at radius 1 is 1.27 bits per heavy atom. The van der Waals surface area contributed by atoms with Crippen LogP contribution in [0.1, 0.15) is 26.7 Å². The number of aromatic amines is 1. The van der Waals surface area contributed by atoms with Crippen LogP contribution < -0.4 is 15.4 Å². The number of hydrogen-bond acceptors (Lipinski definition) is 7. The predicted molar refractivity (Wildman–Crippen MR) is 94.5 cm³/mol. The van der Waals surface area contributed by atoms with E-state index in [9.17, 15) is 9.59 Å². The Labute approximate surface area is 151 Å². The van der Waals surface area contributed by atoms with Crippen molar-refractivity contribution in [1.82, 2.24) is 25.5 Å². The number of carbonyl (C=O) groups is 2. The lowest BCUT2D eigenvalue weighted by molar-refractivity contribution is 0.0951. The summed E-state index contributed by atoms with van der Waals surface area (Å²) in [7, 11) is 1.48. The fraction of sp³-hybridized carbons (Fsp3) is 0.188. The zero-order chi connectivity index (χ0) is 18.1. The van der Waals surface area contributed by atoms with Crippen molar-refractivity contribution >= 4 is 29.1 Å². The highest BCUT2D eigenvalue weighted by atomic mass is 32.1. The van der Waals surface area contributed by atoms with Crippen LogP contribution >= 0.6 is 11.3 Å². The molecule has 9 nitrogen and oxygen atoms in total. The quantitative estimate of drug-likeness (QED) is 0.639. The molecule has 26 heavy (non-hydrogen) atoms. The van der Waals surface area contributed by atoms with Crippen molar-refractivity contribution in [3.63, 3.8) is 0 Å². The minimum atomic E-state index is -0.445. The maximum absolute atomic E-state index is 12.3. The molecule has 0 fully saturated rings. The van der Waals surface area contributed by atoms with E-state index in [1.807, 2.05) is 18.2 Å². The van der Waals surface area contributed by atoms with E-state index in [0.717, 1.165) is 28.3 Å². The number of amides is 2. The van der Waals surface area contributed by atoms with Crippen LogP contribution in [-0.4, -0.2) is 45.6 Å². The molecular weight excluding hydrogens is 356 g/mol. The molecule has 1 aliphatic rings. The number of anilines is 1. The Morgan fingerprint density at radius 3 is 3.00 bits per heavy atom. The van der Waals surface area contributed by atoms with E-state index in [0.29, 0.717) is 6.61 Å². The summed E-state index contributed by atoms with van der Waals surface area (Å²) in [5, 5.41) is 13.6. The molecule has 0 unspecified atom stereocenters. The van der Waals surface area contributed by atoms with Gasteiger partial charge in [-0.3, -0.25) is 20.0 Å². The summed E-state index contributed by atoms with van der Waals surface area (Å²) >= 11 is 1.38. The highest BCUT2D eigenvalue weighted by Crippen LogP contribution is 2.31. The molecule has 132 valence electrons. The molecule has 0 atom stereocenters.